The molecular weight excluding hydrogens is 236 g/mol. The van der Waals surface area contributed by atoms with E-state index >= 15 is 0 Å². The fraction of sp³-hybridized carbons (Fsp3) is 0.647. The van der Waals surface area contributed by atoms with Gasteiger partial charge in [0.2, 0.25) is 0 Å². The van der Waals surface area contributed by atoms with Gasteiger partial charge in [0.25, 0.3) is 0 Å². The first-order valence-corrected chi connectivity index (χ1v) is 7.38. The number of aliphatic hydroxyl groups is 1. The maximum Gasteiger partial charge on any atom is 0.123 e. The fourth-order valence-electron chi connectivity index (χ4n) is 3.57. The third kappa shape index (κ3) is 2.06. The van der Waals surface area contributed by atoms with Crippen molar-refractivity contribution in [2.24, 2.45) is 5.41 Å². The Morgan fingerprint density at radius 2 is 1.84 bits per heavy atom. The summed E-state index contributed by atoms with van der Waals surface area (Å²) in [6.07, 6.45) is 4.40. The van der Waals surface area contributed by atoms with Gasteiger partial charge in [-0.2, -0.15) is 0 Å². The molecule has 1 N–H and O–H groups in total. The molecule has 1 saturated carbocycles. The van der Waals surface area contributed by atoms with E-state index in [0.717, 1.165) is 30.8 Å². The molecule has 1 unspecified atom stereocenters. The van der Waals surface area contributed by atoms with Crippen LogP contribution in [0.2, 0.25) is 0 Å². The van der Waals surface area contributed by atoms with Crippen molar-refractivity contribution in [3.05, 3.63) is 29.3 Å². The molecule has 2 aliphatic rings. The van der Waals surface area contributed by atoms with E-state index in [1.54, 1.807) is 0 Å². The Labute approximate surface area is 115 Å². The molecule has 0 bridgehead atoms. The molecule has 1 aliphatic heterocycles. The van der Waals surface area contributed by atoms with E-state index in [-0.39, 0.29) is 16.9 Å². The Hall–Kier alpha value is -1.02. The Balaban J connectivity index is 1.94. The van der Waals surface area contributed by atoms with E-state index in [1.807, 2.05) is 12.1 Å². The van der Waals surface area contributed by atoms with Gasteiger partial charge in [-0.1, -0.05) is 39.7 Å². The Morgan fingerprint density at radius 3 is 2.53 bits per heavy atom. The zero-order valence-corrected chi connectivity index (χ0v) is 12.2. The standard InChI is InChI=1S/C17H24O2/c1-16(2)11-19-14-7-6-12(10-13(14)16)15(18)17(3)8-4-5-9-17/h6-7,10,15,18H,4-5,8-9,11H2,1-3H3. The molecule has 0 amide bonds. The third-order valence-corrected chi connectivity index (χ3v) is 5.04. The smallest absolute Gasteiger partial charge is 0.123 e. The first kappa shape index (κ1) is 13.0. The molecule has 2 nitrogen and oxygen atoms in total. The number of rotatable bonds is 2. The summed E-state index contributed by atoms with van der Waals surface area (Å²) < 4.78 is 5.72. The summed E-state index contributed by atoms with van der Waals surface area (Å²) >= 11 is 0. The van der Waals surface area contributed by atoms with Gasteiger partial charge in [0, 0.05) is 11.0 Å². The molecule has 0 spiro atoms. The number of hydrogen-bond acceptors (Lipinski definition) is 2. The molecular formula is C17H24O2. The summed E-state index contributed by atoms with van der Waals surface area (Å²) in [5.74, 6) is 0.984. The lowest BCUT2D eigenvalue weighted by molar-refractivity contribution is 0.0407. The number of benzene rings is 1. The molecule has 0 radical (unpaired) electrons. The second-order valence-electron chi connectivity index (χ2n) is 7.19. The second-order valence-corrected chi connectivity index (χ2v) is 7.19. The number of aliphatic hydroxyl groups excluding tert-OH is 1. The van der Waals surface area contributed by atoms with Gasteiger partial charge in [-0.25, -0.2) is 0 Å². The summed E-state index contributed by atoms with van der Waals surface area (Å²) in [5.41, 5.74) is 2.41. The SMILES string of the molecule is CC1(C)COc2ccc(C(O)C3(C)CCCC3)cc21. The van der Waals surface area contributed by atoms with Crippen LogP contribution < -0.4 is 4.74 Å². The van der Waals surface area contributed by atoms with Crippen LogP contribution in [0, 0.1) is 5.41 Å². The average Bonchev–Trinajstić information content (AvgIpc) is 2.94. The zero-order chi connectivity index (χ0) is 13.7. The molecule has 1 atom stereocenters. The van der Waals surface area contributed by atoms with E-state index in [0.29, 0.717) is 0 Å². The zero-order valence-electron chi connectivity index (χ0n) is 12.2. The van der Waals surface area contributed by atoms with Crippen molar-refractivity contribution in [2.75, 3.05) is 6.61 Å². The molecule has 0 saturated heterocycles. The Kier molecular flexibility index (Phi) is 2.90. The van der Waals surface area contributed by atoms with Crippen LogP contribution in [0.5, 0.6) is 5.75 Å². The van der Waals surface area contributed by atoms with Crippen molar-refractivity contribution in [1.29, 1.82) is 0 Å². The minimum Gasteiger partial charge on any atom is -0.492 e. The lowest BCUT2D eigenvalue weighted by Crippen LogP contribution is -2.23. The van der Waals surface area contributed by atoms with Gasteiger partial charge < -0.3 is 9.84 Å². The lowest BCUT2D eigenvalue weighted by atomic mass is 9.77. The molecule has 0 aromatic heterocycles. The van der Waals surface area contributed by atoms with E-state index in [9.17, 15) is 5.11 Å². The van der Waals surface area contributed by atoms with Crippen LogP contribution in [0.4, 0.5) is 0 Å². The Morgan fingerprint density at radius 1 is 1.16 bits per heavy atom. The van der Waals surface area contributed by atoms with Crippen LogP contribution in [0.1, 0.15) is 63.7 Å². The van der Waals surface area contributed by atoms with Gasteiger partial charge in [0.1, 0.15) is 5.75 Å². The largest absolute Gasteiger partial charge is 0.492 e. The van der Waals surface area contributed by atoms with Crippen LogP contribution in [-0.4, -0.2) is 11.7 Å². The van der Waals surface area contributed by atoms with Crippen LogP contribution in [0.15, 0.2) is 18.2 Å². The van der Waals surface area contributed by atoms with Crippen molar-refractivity contribution in [2.45, 2.75) is 58.0 Å². The van der Waals surface area contributed by atoms with Crippen LogP contribution in [-0.2, 0) is 5.41 Å². The summed E-state index contributed by atoms with van der Waals surface area (Å²) in [6, 6.07) is 6.23. The van der Waals surface area contributed by atoms with Gasteiger partial charge in [0.15, 0.2) is 0 Å². The lowest BCUT2D eigenvalue weighted by Gasteiger charge is -2.31. The molecule has 19 heavy (non-hydrogen) atoms. The highest BCUT2D eigenvalue weighted by atomic mass is 16.5. The van der Waals surface area contributed by atoms with Gasteiger partial charge in [-0.05, 0) is 36.0 Å². The predicted molar refractivity (Wildman–Crippen MR) is 76.5 cm³/mol. The number of ether oxygens (including phenoxy) is 1. The molecule has 1 aromatic rings. The summed E-state index contributed by atoms with van der Waals surface area (Å²) in [7, 11) is 0. The summed E-state index contributed by atoms with van der Waals surface area (Å²) in [5, 5.41) is 10.7. The highest BCUT2D eigenvalue weighted by molar-refractivity contribution is 5.46. The minimum atomic E-state index is -0.350. The molecule has 104 valence electrons. The van der Waals surface area contributed by atoms with Gasteiger partial charge in [-0.15, -0.1) is 0 Å². The van der Waals surface area contributed by atoms with Gasteiger partial charge in [0.05, 0.1) is 12.7 Å². The third-order valence-electron chi connectivity index (χ3n) is 5.04. The first-order chi connectivity index (χ1) is 8.92. The summed E-state index contributed by atoms with van der Waals surface area (Å²) in [4.78, 5) is 0. The highest BCUT2D eigenvalue weighted by Gasteiger charge is 2.38. The second kappa shape index (κ2) is 4.24. The summed E-state index contributed by atoms with van der Waals surface area (Å²) in [6.45, 7) is 7.36. The maximum absolute atomic E-state index is 10.7. The fourth-order valence-corrected chi connectivity index (χ4v) is 3.57. The topological polar surface area (TPSA) is 29.5 Å². The highest BCUT2D eigenvalue weighted by Crippen LogP contribution is 2.48. The monoisotopic (exact) mass is 260 g/mol. The average molecular weight is 260 g/mol. The molecule has 3 rings (SSSR count). The van der Waals surface area contributed by atoms with E-state index in [1.165, 1.54) is 18.4 Å². The first-order valence-electron chi connectivity index (χ1n) is 7.38. The quantitative estimate of drug-likeness (QED) is 0.872. The molecule has 1 aliphatic carbocycles. The van der Waals surface area contributed by atoms with E-state index in [2.05, 4.69) is 26.8 Å². The van der Waals surface area contributed by atoms with Crippen LogP contribution >= 0.6 is 0 Å². The maximum atomic E-state index is 10.7. The molecule has 1 aromatic carbocycles. The van der Waals surface area contributed by atoms with Crippen LogP contribution in [0.25, 0.3) is 0 Å². The van der Waals surface area contributed by atoms with Crippen molar-refractivity contribution >= 4 is 0 Å². The van der Waals surface area contributed by atoms with Gasteiger partial charge >= 0.3 is 0 Å². The number of hydrogen-bond donors (Lipinski definition) is 1. The van der Waals surface area contributed by atoms with Crippen molar-refractivity contribution in [3.63, 3.8) is 0 Å². The van der Waals surface area contributed by atoms with E-state index in [4.69, 9.17) is 4.74 Å². The molecule has 2 heteroatoms. The van der Waals surface area contributed by atoms with Crippen LogP contribution in [0.3, 0.4) is 0 Å². The molecule has 1 heterocycles. The van der Waals surface area contributed by atoms with E-state index < -0.39 is 0 Å². The molecule has 1 fully saturated rings. The predicted octanol–water partition coefficient (Wildman–Crippen LogP) is 3.97. The van der Waals surface area contributed by atoms with Crippen molar-refractivity contribution in [3.8, 4) is 5.75 Å². The minimum absolute atomic E-state index is 0.0534. The number of fused-ring (bicyclic) bond motifs is 1. The van der Waals surface area contributed by atoms with Crippen molar-refractivity contribution < 1.29 is 9.84 Å². The van der Waals surface area contributed by atoms with Gasteiger partial charge in [-0.3, -0.25) is 0 Å². The normalized spacial score (nSPS) is 24.8. The van der Waals surface area contributed by atoms with Crippen molar-refractivity contribution in [1.82, 2.24) is 0 Å². The Bertz CT molecular complexity index is 484.